The van der Waals surface area contributed by atoms with Crippen LogP contribution in [0.15, 0.2) is 22.6 Å². The third kappa shape index (κ3) is 5.11. The van der Waals surface area contributed by atoms with Crippen molar-refractivity contribution in [1.29, 1.82) is 0 Å². The minimum Gasteiger partial charge on any atom is -0.487 e. The van der Waals surface area contributed by atoms with Crippen LogP contribution in [0.1, 0.15) is 52.5 Å². The summed E-state index contributed by atoms with van der Waals surface area (Å²) >= 11 is 0. The highest BCUT2D eigenvalue weighted by Crippen LogP contribution is 2.26. The molecule has 2 atom stereocenters. The molecule has 0 aliphatic carbocycles. The van der Waals surface area contributed by atoms with Gasteiger partial charge in [0, 0.05) is 12.0 Å². The van der Waals surface area contributed by atoms with Gasteiger partial charge in [-0.15, -0.1) is 0 Å². The highest BCUT2D eigenvalue weighted by Gasteiger charge is 2.23. The second kappa shape index (κ2) is 8.21. The molecule has 1 aromatic carbocycles. The van der Waals surface area contributed by atoms with E-state index in [1.54, 1.807) is 6.07 Å². The minimum atomic E-state index is -1.40. The smallest absolute Gasteiger partial charge is 0.145 e. The fourth-order valence-corrected chi connectivity index (χ4v) is 2.98. The third-order valence-corrected chi connectivity index (χ3v) is 5.07. The molecule has 1 heterocycles. The van der Waals surface area contributed by atoms with Gasteiger partial charge in [-0.2, -0.15) is 4.40 Å². The lowest BCUT2D eigenvalue weighted by molar-refractivity contribution is 0.141. The van der Waals surface area contributed by atoms with Crippen LogP contribution in [0.5, 0.6) is 5.75 Å². The molecule has 1 fully saturated rings. The van der Waals surface area contributed by atoms with E-state index in [0.29, 0.717) is 36.7 Å². The van der Waals surface area contributed by atoms with E-state index in [4.69, 9.17) is 9.47 Å². The zero-order valence-corrected chi connectivity index (χ0v) is 15.6. The Morgan fingerprint density at radius 1 is 1.46 bits per heavy atom. The maximum absolute atomic E-state index is 13.8. The van der Waals surface area contributed by atoms with Gasteiger partial charge in [-0.05, 0) is 45.4 Å². The number of halogens is 1. The normalized spacial score (nSPS) is 20.2. The summed E-state index contributed by atoms with van der Waals surface area (Å²) in [5.41, 5.74) is 1.21. The molecule has 0 bridgehead atoms. The molecule has 1 aliphatic heterocycles. The zero-order valence-electron chi connectivity index (χ0n) is 14.8. The molecule has 6 heteroatoms. The number of ether oxygens (including phenoxy) is 2. The van der Waals surface area contributed by atoms with Crippen molar-refractivity contribution in [2.24, 2.45) is 4.40 Å². The summed E-state index contributed by atoms with van der Waals surface area (Å²) in [4.78, 5) is 0. The molecule has 0 saturated carbocycles. The first-order valence-corrected chi connectivity index (χ1v) is 9.46. The second-order valence-electron chi connectivity index (χ2n) is 6.89. The molecule has 1 aliphatic rings. The van der Waals surface area contributed by atoms with E-state index in [1.165, 1.54) is 12.1 Å². The number of nitrogens with zero attached hydrogens (tertiary/aromatic N) is 1. The maximum atomic E-state index is 13.8. The van der Waals surface area contributed by atoms with Crippen molar-refractivity contribution in [2.45, 2.75) is 57.8 Å². The van der Waals surface area contributed by atoms with Crippen LogP contribution in [0.2, 0.25) is 0 Å². The van der Waals surface area contributed by atoms with Crippen LogP contribution in [0.3, 0.4) is 0 Å². The van der Waals surface area contributed by atoms with Crippen molar-refractivity contribution in [3.05, 3.63) is 29.6 Å². The lowest BCUT2D eigenvalue weighted by Crippen LogP contribution is -2.22. The van der Waals surface area contributed by atoms with Crippen LogP contribution < -0.4 is 4.74 Å². The lowest BCUT2D eigenvalue weighted by Gasteiger charge is -2.18. The van der Waals surface area contributed by atoms with E-state index in [9.17, 15) is 8.60 Å². The predicted molar refractivity (Wildman–Crippen MR) is 95.6 cm³/mol. The van der Waals surface area contributed by atoms with Gasteiger partial charge in [-0.3, -0.25) is 0 Å². The molecule has 134 valence electrons. The van der Waals surface area contributed by atoms with E-state index >= 15 is 0 Å². The van der Waals surface area contributed by atoms with Crippen LogP contribution in [-0.2, 0) is 15.7 Å². The average molecular weight is 355 g/mol. The van der Waals surface area contributed by atoms with Gasteiger partial charge in [-0.25, -0.2) is 8.60 Å². The Balaban J connectivity index is 2.38. The van der Waals surface area contributed by atoms with Crippen LogP contribution in [-0.4, -0.2) is 34.0 Å². The lowest BCUT2D eigenvalue weighted by atomic mass is 10.0. The molecule has 0 N–H and O–H groups in total. The summed E-state index contributed by atoms with van der Waals surface area (Å²) in [5, 5.41) is 0. The van der Waals surface area contributed by atoms with E-state index in [1.807, 2.05) is 27.7 Å². The maximum Gasteiger partial charge on any atom is 0.145 e. The summed E-state index contributed by atoms with van der Waals surface area (Å²) in [6, 6.07) is 4.41. The highest BCUT2D eigenvalue weighted by atomic mass is 32.2. The third-order valence-electron chi connectivity index (χ3n) is 3.64. The van der Waals surface area contributed by atoms with Crippen molar-refractivity contribution in [2.75, 3.05) is 13.2 Å². The Labute approximate surface area is 146 Å². The Bertz CT molecular complexity index is 619. The first-order chi connectivity index (χ1) is 11.3. The largest absolute Gasteiger partial charge is 0.487 e. The summed E-state index contributed by atoms with van der Waals surface area (Å²) in [6.45, 7) is 8.83. The van der Waals surface area contributed by atoms with Crippen molar-refractivity contribution >= 4 is 16.7 Å². The molecule has 0 radical (unpaired) electrons. The molecule has 0 spiro atoms. The van der Waals surface area contributed by atoms with Gasteiger partial charge in [0.05, 0.1) is 23.7 Å². The summed E-state index contributed by atoms with van der Waals surface area (Å²) in [7, 11) is -1.40. The SMILES string of the molecule is CCCC(=NS(=O)C(C)(C)C)c1cc(F)ccc1OC1CCOC1. The molecule has 4 nitrogen and oxygen atoms in total. The fourth-order valence-electron chi connectivity index (χ4n) is 2.32. The van der Waals surface area contributed by atoms with Crippen molar-refractivity contribution in [1.82, 2.24) is 0 Å². The number of hydrogen-bond acceptors (Lipinski definition) is 3. The van der Waals surface area contributed by atoms with Gasteiger partial charge in [0.1, 0.15) is 28.7 Å². The second-order valence-corrected chi connectivity index (χ2v) is 8.80. The Morgan fingerprint density at radius 3 is 2.79 bits per heavy atom. The molecule has 24 heavy (non-hydrogen) atoms. The monoisotopic (exact) mass is 355 g/mol. The molecule has 0 aromatic heterocycles. The molecule has 1 aromatic rings. The number of hydrogen-bond donors (Lipinski definition) is 0. The first-order valence-electron chi connectivity index (χ1n) is 8.35. The van der Waals surface area contributed by atoms with Crippen LogP contribution in [0.25, 0.3) is 0 Å². The Hall–Kier alpha value is -1.27. The number of benzene rings is 1. The highest BCUT2D eigenvalue weighted by molar-refractivity contribution is 7.85. The average Bonchev–Trinajstić information content (AvgIpc) is 3.00. The van der Waals surface area contributed by atoms with E-state index in [2.05, 4.69) is 4.40 Å². The summed E-state index contributed by atoms with van der Waals surface area (Å²) in [5.74, 6) is 0.218. The van der Waals surface area contributed by atoms with Gasteiger partial charge >= 0.3 is 0 Å². The van der Waals surface area contributed by atoms with Crippen molar-refractivity contribution in [3.8, 4) is 5.75 Å². The molecule has 2 unspecified atom stereocenters. The van der Waals surface area contributed by atoms with Crippen LogP contribution >= 0.6 is 0 Å². The van der Waals surface area contributed by atoms with Crippen LogP contribution in [0, 0.1) is 5.82 Å². The van der Waals surface area contributed by atoms with Gasteiger partial charge in [0.2, 0.25) is 0 Å². The van der Waals surface area contributed by atoms with Gasteiger partial charge in [0.15, 0.2) is 0 Å². The molecular formula is C18H26FNO3S. The predicted octanol–water partition coefficient (Wildman–Crippen LogP) is 4.04. The van der Waals surface area contributed by atoms with Gasteiger partial charge in [0.25, 0.3) is 0 Å². The standard InChI is InChI=1S/C18H26FNO3S/c1-5-6-16(20-24(21)18(2,3)4)15-11-13(19)7-8-17(15)23-14-9-10-22-12-14/h7-8,11,14H,5-6,9-10,12H2,1-4H3. The molecule has 1 saturated heterocycles. The fraction of sp³-hybridized carbons (Fsp3) is 0.611. The zero-order chi connectivity index (χ0) is 17.7. The quantitative estimate of drug-likeness (QED) is 0.724. The number of rotatable bonds is 6. The molecule has 0 amide bonds. The Kier molecular flexibility index (Phi) is 6.52. The topological polar surface area (TPSA) is 47.9 Å². The van der Waals surface area contributed by atoms with E-state index in [0.717, 1.165) is 12.8 Å². The van der Waals surface area contributed by atoms with Crippen molar-refractivity contribution < 1.29 is 18.1 Å². The first kappa shape index (κ1) is 19.1. The van der Waals surface area contributed by atoms with Crippen LogP contribution in [0.4, 0.5) is 4.39 Å². The summed E-state index contributed by atoms with van der Waals surface area (Å²) in [6.07, 6.45) is 2.21. The minimum absolute atomic E-state index is 0.0369. The molecule has 2 rings (SSSR count). The van der Waals surface area contributed by atoms with Crippen molar-refractivity contribution in [3.63, 3.8) is 0 Å². The van der Waals surface area contributed by atoms with Gasteiger partial charge < -0.3 is 9.47 Å². The van der Waals surface area contributed by atoms with Gasteiger partial charge in [-0.1, -0.05) is 13.3 Å². The van der Waals surface area contributed by atoms with E-state index < -0.39 is 15.7 Å². The Morgan fingerprint density at radius 2 is 2.21 bits per heavy atom. The summed E-state index contributed by atoms with van der Waals surface area (Å²) < 4.78 is 41.5. The molecular weight excluding hydrogens is 329 g/mol. The van der Waals surface area contributed by atoms with E-state index in [-0.39, 0.29) is 11.9 Å².